The van der Waals surface area contributed by atoms with Gasteiger partial charge in [-0.05, 0) is 24.0 Å². The Morgan fingerprint density at radius 2 is 2.13 bits per heavy atom. The first-order valence-corrected chi connectivity index (χ1v) is 5.34. The molecular formula is C14H14O. The maximum atomic E-state index is 12.0. The monoisotopic (exact) mass is 198 g/mol. The second-order valence-electron chi connectivity index (χ2n) is 3.98. The van der Waals surface area contributed by atoms with Crippen LogP contribution in [0.5, 0.6) is 0 Å². The van der Waals surface area contributed by atoms with E-state index in [-0.39, 0.29) is 5.78 Å². The van der Waals surface area contributed by atoms with Gasteiger partial charge >= 0.3 is 0 Å². The van der Waals surface area contributed by atoms with Crippen molar-refractivity contribution in [3.8, 4) is 12.3 Å². The maximum absolute atomic E-state index is 12.0. The van der Waals surface area contributed by atoms with Crippen molar-refractivity contribution in [1.82, 2.24) is 0 Å². The summed E-state index contributed by atoms with van der Waals surface area (Å²) >= 11 is 0. The number of hydrogen-bond acceptors (Lipinski definition) is 1. The van der Waals surface area contributed by atoms with Crippen LogP contribution in [0.25, 0.3) is 0 Å². The highest BCUT2D eigenvalue weighted by Gasteiger charge is 2.40. The van der Waals surface area contributed by atoms with Crippen molar-refractivity contribution in [1.29, 1.82) is 0 Å². The van der Waals surface area contributed by atoms with Gasteiger partial charge in [0, 0.05) is 6.42 Å². The topological polar surface area (TPSA) is 17.1 Å². The Hall–Kier alpha value is -1.55. The molecule has 0 amide bonds. The normalized spacial score (nSPS) is 24.4. The second kappa shape index (κ2) is 3.55. The van der Waals surface area contributed by atoms with E-state index in [2.05, 4.69) is 12.0 Å². The number of carbonyl (C=O) groups excluding carboxylic acids is 1. The third kappa shape index (κ3) is 1.29. The SMILES string of the molecule is C#CC1(CC)C(=O)CCc2ccccc21. The lowest BCUT2D eigenvalue weighted by Gasteiger charge is -2.32. The van der Waals surface area contributed by atoms with Crippen LogP contribution in [0.1, 0.15) is 30.9 Å². The number of hydrogen-bond donors (Lipinski definition) is 0. The van der Waals surface area contributed by atoms with Crippen LogP contribution in [-0.4, -0.2) is 5.78 Å². The summed E-state index contributed by atoms with van der Waals surface area (Å²) < 4.78 is 0. The van der Waals surface area contributed by atoms with Crippen LogP contribution < -0.4 is 0 Å². The fourth-order valence-corrected chi connectivity index (χ4v) is 2.41. The molecular weight excluding hydrogens is 184 g/mol. The number of carbonyl (C=O) groups is 1. The highest BCUT2D eigenvalue weighted by atomic mass is 16.1. The van der Waals surface area contributed by atoms with Crippen molar-refractivity contribution >= 4 is 5.78 Å². The van der Waals surface area contributed by atoms with Crippen LogP contribution >= 0.6 is 0 Å². The van der Waals surface area contributed by atoms with E-state index in [9.17, 15) is 4.79 Å². The van der Waals surface area contributed by atoms with Gasteiger partial charge in [-0.2, -0.15) is 0 Å². The number of ketones is 1. The molecule has 1 unspecified atom stereocenters. The molecule has 76 valence electrons. The highest BCUT2D eigenvalue weighted by Crippen LogP contribution is 2.36. The summed E-state index contributed by atoms with van der Waals surface area (Å²) in [6.45, 7) is 1.99. The smallest absolute Gasteiger partial charge is 0.155 e. The summed E-state index contributed by atoms with van der Waals surface area (Å²) in [7, 11) is 0. The standard InChI is InChI=1S/C14H14O/c1-3-14(4-2)12-8-6-5-7-11(12)9-10-13(14)15/h1,5-8H,4,9-10H2,2H3. The van der Waals surface area contributed by atoms with Crippen molar-refractivity contribution in [3.63, 3.8) is 0 Å². The van der Waals surface area contributed by atoms with Gasteiger partial charge in [0.1, 0.15) is 5.41 Å². The van der Waals surface area contributed by atoms with Crippen molar-refractivity contribution < 1.29 is 4.79 Å². The minimum atomic E-state index is -0.658. The molecule has 0 bridgehead atoms. The Morgan fingerprint density at radius 3 is 2.80 bits per heavy atom. The molecule has 0 N–H and O–H groups in total. The zero-order valence-electron chi connectivity index (χ0n) is 8.92. The van der Waals surface area contributed by atoms with Crippen LogP contribution in [0.2, 0.25) is 0 Å². The Balaban J connectivity index is 2.65. The predicted octanol–water partition coefficient (Wildman–Crippen LogP) is 2.48. The Labute approximate surface area is 90.5 Å². The molecule has 1 aliphatic rings. The van der Waals surface area contributed by atoms with E-state index in [1.54, 1.807) is 0 Å². The molecule has 0 fully saturated rings. The van der Waals surface area contributed by atoms with Crippen LogP contribution in [0, 0.1) is 12.3 Å². The number of aryl methyl sites for hydroxylation is 1. The number of Topliss-reactive ketones (excluding diaryl/α,β-unsaturated/α-hetero) is 1. The molecule has 1 heteroatoms. The number of rotatable bonds is 1. The number of benzene rings is 1. The quantitative estimate of drug-likeness (QED) is 0.634. The van der Waals surface area contributed by atoms with E-state index < -0.39 is 5.41 Å². The van der Waals surface area contributed by atoms with Crippen LogP contribution in [0.15, 0.2) is 24.3 Å². The van der Waals surface area contributed by atoms with E-state index in [0.717, 1.165) is 12.0 Å². The molecule has 1 aliphatic carbocycles. The summed E-state index contributed by atoms with van der Waals surface area (Å²) in [6.07, 6.45) is 7.69. The van der Waals surface area contributed by atoms with E-state index in [0.29, 0.717) is 12.8 Å². The van der Waals surface area contributed by atoms with Crippen LogP contribution in [0.4, 0.5) is 0 Å². The summed E-state index contributed by atoms with van der Waals surface area (Å²) in [5, 5.41) is 0. The van der Waals surface area contributed by atoms with Crippen molar-refractivity contribution in [2.45, 2.75) is 31.6 Å². The fraction of sp³-hybridized carbons (Fsp3) is 0.357. The minimum absolute atomic E-state index is 0.200. The van der Waals surface area contributed by atoms with Gasteiger partial charge < -0.3 is 0 Å². The second-order valence-corrected chi connectivity index (χ2v) is 3.98. The van der Waals surface area contributed by atoms with Crippen molar-refractivity contribution in [3.05, 3.63) is 35.4 Å². The van der Waals surface area contributed by atoms with Crippen molar-refractivity contribution in [2.24, 2.45) is 0 Å². The lowest BCUT2D eigenvalue weighted by Crippen LogP contribution is -2.38. The fourth-order valence-electron chi connectivity index (χ4n) is 2.41. The zero-order chi connectivity index (χ0) is 10.9. The number of terminal acetylenes is 1. The van der Waals surface area contributed by atoms with Gasteiger partial charge in [-0.1, -0.05) is 37.1 Å². The van der Waals surface area contributed by atoms with Gasteiger partial charge in [0.2, 0.25) is 0 Å². The third-order valence-electron chi connectivity index (χ3n) is 3.35. The van der Waals surface area contributed by atoms with E-state index >= 15 is 0 Å². The first kappa shape index (κ1) is 9.98. The highest BCUT2D eigenvalue weighted by molar-refractivity contribution is 5.95. The maximum Gasteiger partial charge on any atom is 0.155 e. The first-order valence-electron chi connectivity index (χ1n) is 5.34. The first-order chi connectivity index (χ1) is 7.24. The summed E-state index contributed by atoms with van der Waals surface area (Å²) in [5.74, 6) is 2.92. The zero-order valence-corrected chi connectivity index (χ0v) is 8.92. The van der Waals surface area contributed by atoms with Gasteiger partial charge in [0.05, 0.1) is 0 Å². The lowest BCUT2D eigenvalue weighted by molar-refractivity contribution is -0.123. The summed E-state index contributed by atoms with van der Waals surface area (Å²) in [5.41, 5.74) is 1.62. The average Bonchev–Trinajstić information content (AvgIpc) is 2.30. The molecule has 0 aliphatic heterocycles. The molecule has 2 rings (SSSR count). The lowest BCUT2D eigenvalue weighted by atomic mass is 9.68. The van der Waals surface area contributed by atoms with Gasteiger partial charge in [0.15, 0.2) is 5.78 Å². The van der Waals surface area contributed by atoms with Gasteiger partial charge in [-0.3, -0.25) is 4.79 Å². The molecule has 0 aromatic heterocycles. The largest absolute Gasteiger partial charge is 0.298 e. The van der Waals surface area contributed by atoms with Crippen LogP contribution in [0.3, 0.4) is 0 Å². The Bertz CT molecular complexity index is 439. The predicted molar refractivity (Wildman–Crippen MR) is 60.6 cm³/mol. The molecule has 1 atom stereocenters. The molecule has 1 aromatic carbocycles. The third-order valence-corrected chi connectivity index (χ3v) is 3.35. The minimum Gasteiger partial charge on any atom is -0.298 e. The molecule has 15 heavy (non-hydrogen) atoms. The van der Waals surface area contributed by atoms with Gasteiger partial charge in [-0.25, -0.2) is 0 Å². The molecule has 0 heterocycles. The molecule has 1 nitrogen and oxygen atoms in total. The van der Waals surface area contributed by atoms with E-state index in [4.69, 9.17) is 6.42 Å². The summed E-state index contributed by atoms with van der Waals surface area (Å²) in [4.78, 5) is 12.0. The van der Waals surface area contributed by atoms with Crippen LogP contribution in [-0.2, 0) is 16.6 Å². The molecule has 0 saturated carbocycles. The van der Waals surface area contributed by atoms with Crippen molar-refractivity contribution in [2.75, 3.05) is 0 Å². The average molecular weight is 198 g/mol. The molecule has 0 saturated heterocycles. The van der Waals surface area contributed by atoms with E-state index in [1.807, 2.05) is 25.1 Å². The van der Waals surface area contributed by atoms with Gasteiger partial charge in [0.25, 0.3) is 0 Å². The number of fused-ring (bicyclic) bond motifs is 1. The molecule has 0 spiro atoms. The molecule has 0 radical (unpaired) electrons. The van der Waals surface area contributed by atoms with Gasteiger partial charge in [-0.15, -0.1) is 6.42 Å². The Morgan fingerprint density at radius 1 is 1.40 bits per heavy atom. The van der Waals surface area contributed by atoms with E-state index in [1.165, 1.54) is 5.56 Å². The molecule has 1 aromatic rings. The summed E-state index contributed by atoms with van der Waals surface area (Å²) in [6, 6.07) is 8.03. The Kier molecular flexibility index (Phi) is 2.36.